The first kappa shape index (κ1) is 18.0. The maximum absolute atomic E-state index is 11.5. The molecule has 1 rings (SSSR count). The van der Waals surface area contributed by atoms with Crippen molar-refractivity contribution in [2.45, 2.75) is 12.2 Å². The number of carboxylic acid groups (broad SMARTS) is 2. The van der Waals surface area contributed by atoms with Gasteiger partial charge in [0.15, 0.2) is 17.6 Å². The summed E-state index contributed by atoms with van der Waals surface area (Å²) < 4.78 is 9.27. The predicted molar refractivity (Wildman–Crippen MR) is 74.9 cm³/mol. The number of hydrogen-bond acceptors (Lipinski definition) is 7. The van der Waals surface area contributed by atoms with Crippen LogP contribution < -0.4 is 4.74 Å². The van der Waals surface area contributed by atoms with E-state index in [1.807, 2.05) is 0 Å². The van der Waals surface area contributed by atoms with Gasteiger partial charge in [-0.1, -0.05) is 6.07 Å². The molecule has 2 atom stereocenters. The fraction of sp³-hybridized carbons (Fsp3) is 0.214. The normalized spacial score (nSPS) is 13.3. The van der Waals surface area contributed by atoms with E-state index in [4.69, 9.17) is 20.1 Å². The van der Waals surface area contributed by atoms with Crippen molar-refractivity contribution in [3.63, 3.8) is 0 Å². The Morgan fingerprint density at radius 3 is 2.35 bits per heavy atom. The van der Waals surface area contributed by atoms with Crippen LogP contribution in [-0.4, -0.2) is 57.7 Å². The third kappa shape index (κ3) is 5.00. The summed E-state index contributed by atoms with van der Waals surface area (Å²) in [5, 5.41) is 35.9. The molecule has 124 valence electrons. The molecule has 4 N–H and O–H groups in total. The van der Waals surface area contributed by atoms with E-state index in [2.05, 4.69) is 4.74 Å². The molecule has 0 saturated carbocycles. The van der Waals surface area contributed by atoms with Crippen molar-refractivity contribution in [2.75, 3.05) is 7.11 Å². The number of carbonyl (C=O) groups is 3. The number of aliphatic carboxylic acids is 2. The SMILES string of the molecule is COc1cc(/C=C/C(=O)O[C@@H](C(=O)O)[C@@H](O)C(=O)O)ccc1O. The standard InChI is InChI=1S/C14H14O9/c1-22-9-6-7(2-4-8(9)15)3-5-10(16)23-12(14(20)21)11(17)13(18)19/h2-6,11-12,15,17H,1H3,(H,18,19)(H,20,21)/b5-3+/t11-,12-/m1/s1. The van der Waals surface area contributed by atoms with E-state index in [-0.39, 0.29) is 11.5 Å². The van der Waals surface area contributed by atoms with Crippen LogP contribution in [0.15, 0.2) is 24.3 Å². The van der Waals surface area contributed by atoms with Crippen LogP contribution in [0.25, 0.3) is 6.08 Å². The van der Waals surface area contributed by atoms with E-state index in [1.165, 1.54) is 31.4 Å². The number of esters is 1. The highest BCUT2D eigenvalue weighted by Gasteiger charge is 2.35. The summed E-state index contributed by atoms with van der Waals surface area (Å²) in [4.78, 5) is 32.9. The second kappa shape index (κ2) is 7.80. The predicted octanol–water partition coefficient (Wildman–Crippen LogP) is -0.144. The monoisotopic (exact) mass is 326 g/mol. The number of rotatable bonds is 7. The Labute approximate surface area is 130 Å². The van der Waals surface area contributed by atoms with E-state index in [1.54, 1.807) is 0 Å². The summed E-state index contributed by atoms with van der Waals surface area (Å²) in [7, 11) is 1.33. The molecule has 0 amide bonds. The average Bonchev–Trinajstić information content (AvgIpc) is 2.50. The van der Waals surface area contributed by atoms with Crippen LogP contribution in [0.2, 0.25) is 0 Å². The van der Waals surface area contributed by atoms with Gasteiger partial charge < -0.3 is 29.9 Å². The minimum atomic E-state index is -2.39. The average molecular weight is 326 g/mol. The van der Waals surface area contributed by atoms with Gasteiger partial charge in [-0.15, -0.1) is 0 Å². The minimum Gasteiger partial charge on any atom is -0.504 e. The summed E-state index contributed by atoms with van der Waals surface area (Å²) in [6.07, 6.45) is -2.55. The van der Waals surface area contributed by atoms with Crippen molar-refractivity contribution < 1.29 is 44.3 Å². The quantitative estimate of drug-likeness (QED) is 0.396. The van der Waals surface area contributed by atoms with Gasteiger partial charge in [-0.05, 0) is 23.8 Å². The fourth-order valence-corrected chi connectivity index (χ4v) is 1.51. The molecule has 0 spiro atoms. The van der Waals surface area contributed by atoms with Crippen LogP contribution in [0.3, 0.4) is 0 Å². The Balaban J connectivity index is 2.82. The second-order valence-electron chi connectivity index (χ2n) is 4.24. The van der Waals surface area contributed by atoms with Crippen LogP contribution in [0.5, 0.6) is 11.5 Å². The number of carboxylic acids is 2. The third-order valence-corrected chi connectivity index (χ3v) is 2.64. The lowest BCUT2D eigenvalue weighted by Gasteiger charge is -2.15. The van der Waals surface area contributed by atoms with Gasteiger partial charge in [0.1, 0.15) is 0 Å². The van der Waals surface area contributed by atoms with Crippen molar-refractivity contribution in [2.24, 2.45) is 0 Å². The Hall–Kier alpha value is -3.07. The summed E-state index contributed by atoms with van der Waals surface area (Å²) in [5.41, 5.74) is 0.433. The molecular formula is C14H14O9. The van der Waals surface area contributed by atoms with Gasteiger partial charge in [-0.2, -0.15) is 0 Å². The largest absolute Gasteiger partial charge is 0.504 e. The molecule has 0 aliphatic heterocycles. The third-order valence-electron chi connectivity index (χ3n) is 2.64. The number of phenols is 1. The number of hydrogen-bond donors (Lipinski definition) is 4. The Bertz CT molecular complexity index is 635. The Morgan fingerprint density at radius 2 is 1.83 bits per heavy atom. The zero-order valence-electron chi connectivity index (χ0n) is 11.9. The van der Waals surface area contributed by atoms with Crippen LogP contribution in [0, 0.1) is 0 Å². The highest BCUT2D eigenvalue weighted by molar-refractivity contribution is 5.91. The highest BCUT2D eigenvalue weighted by Crippen LogP contribution is 2.26. The molecule has 1 aromatic carbocycles. The molecule has 0 unspecified atom stereocenters. The number of aliphatic hydroxyl groups is 1. The number of ether oxygens (including phenoxy) is 2. The minimum absolute atomic E-state index is 0.109. The molecule has 0 bridgehead atoms. The molecule has 0 radical (unpaired) electrons. The van der Waals surface area contributed by atoms with Crippen LogP contribution >= 0.6 is 0 Å². The van der Waals surface area contributed by atoms with E-state index in [0.717, 1.165) is 6.08 Å². The molecule has 0 aromatic heterocycles. The Kier molecular flexibility index (Phi) is 6.10. The molecule has 0 fully saturated rings. The molecule has 23 heavy (non-hydrogen) atoms. The van der Waals surface area contributed by atoms with Gasteiger partial charge in [0.2, 0.25) is 6.10 Å². The zero-order valence-corrected chi connectivity index (χ0v) is 11.9. The van der Waals surface area contributed by atoms with Crippen molar-refractivity contribution >= 4 is 24.0 Å². The molecule has 9 heteroatoms. The van der Waals surface area contributed by atoms with Crippen LogP contribution in [-0.2, 0) is 19.1 Å². The molecule has 0 heterocycles. The summed E-state index contributed by atoms with van der Waals surface area (Å²) in [5.74, 6) is -4.75. The van der Waals surface area contributed by atoms with Crippen LogP contribution in [0.1, 0.15) is 5.56 Å². The molecule has 0 aliphatic carbocycles. The first-order valence-electron chi connectivity index (χ1n) is 6.15. The van der Waals surface area contributed by atoms with Gasteiger partial charge in [0.05, 0.1) is 7.11 Å². The van der Waals surface area contributed by atoms with Crippen molar-refractivity contribution in [3.05, 3.63) is 29.8 Å². The first-order chi connectivity index (χ1) is 10.8. The lowest BCUT2D eigenvalue weighted by Crippen LogP contribution is -2.42. The van der Waals surface area contributed by atoms with Crippen molar-refractivity contribution in [3.8, 4) is 11.5 Å². The van der Waals surface area contributed by atoms with E-state index >= 15 is 0 Å². The van der Waals surface area contributed by atoms with Crippen molar-refractivity contribution in [1.82, 2.24) is 0 Å². The number of aromatic hydroxyl groups is 1. The summed E-state index contributed by atoms with van der Waals surface area (Å²) in [6.45, 7) is 0. The second-order valence-corrected chi connectivity index (χ2v) is 4.24. The topological polar surface area (TPSA) is 151 Å². The highest BCUT2D eigenvalue weighted by atomic mass is 16.6. The van der Waals surface area contributed by atoms with Gasteiger partial charge in [-0.3, -0.25) is 0 Å². The van der Waals surface area contributed by atoms with Gasteiger partial charge in [-0.25, -0.2) is 14.4 Å². The lowest BCUT2D eigenvalue weighted by molar-refractivity contribution is -0.176. The maximum atomic E-state index is 11.5. The Morgan fingerprint density at radius 1 is 1.17 bits per heavy atom. The zero-order chi connectivity index (χ0) is 17.6. The summed E-state index contributed by atoms with van der Waals surface area (Å²) in [6, 6.07) is 4.17. The van der Waals surface area contributed by atoms with Gasteiger partial charge >= 0.3 is 17.9 Å². The molecule has 1 aromatic rings. The van der Waals surface area contributed by atoms with Crippen molar-refractivity contribution in [1.29, 1.82) is 0 Å². The van der Waals surface area contributed by atoms with Gasteiger partial charge in [0, 0.05) is 6.08 Å². The van der Waals surface area contributed by atoms with Gasteiger partial charge in [0.25, 0.3) is 0 Å². The smallest absolute Gasteiger partial charge is 0.348 e. The first-order valence-corrected chi connectivity index (χ1v) is 6.15. The van der Waals surface area contributed by atoms with Crippen LogP contribution in [0.4, 0.5) is 0 Å². The molecule has 0 aliphatic rings. The molecule has 9 nitrogen and oxygen atoms in total. The fourth-order valence-electron chi connectivity index (χ4n) is 1.51. The lowest BCUT2D eigenvalue weighted by atomic mass is 10.2. The number of carbonyl (C=O) groups excluding carboxylic acids is 1. The number of phenolic OH excluding ortho intramolecular Hbond substituents is 1. The molecule has 0 saturated heterocycles. The van der Waals surface area contributed by atoms with E-state index in [9.17, 15) is 19.5 Å². The van der Waals surface area contributed by atoms with E-state index in [0.29, 0.717) is 5.56 Å². The number of methoxy groups -OCH3 is 1. The molecular weight excluding hydrogens is 312 g/mol. The maximum Gasteiger partial charge on any atom is 0.348 e. The van der Waals surface area contributed by atoms with E-state index < -0.39 is 30.1 Å². The number of aliphatic hydroxyl groups excluding tert-OH is 1. The summed E-state index contributed by atoms with van der Waals surface area (Å²) >= 11 is 0. The number of benzene rings is 1.